The molecule has 152 valence electrons. The Labute approximate surface area is 178 Å². The number of nitrogens with one attached hydrogen (secondary N) is 1. The second kappa shape index (κ2) is 8.91. The Balaban J connectivity index is 1.46. The largest absolute Gasteiger partial charge is 0.411 e. The van der Waals surface area contributed by atoms with Crippen LogP contribution in [0.25, 0.3) is 11.5 Å². The Morgan fingerprint density at radius 3 is 2.60 bits per heavy atom. The Bertz CT molecular complexity index is 1140. The van der Waals surface area contributed by atoms with E-state index in [4.69, 9.17) is 10.2 Å². The van der Waals surface area contributed by atoms with Gasteiger partial charge in [0.1, 0.15) is 5.82 Å². The number of nitrogens with zero attached hydrogens (tertiary/aromatic N) is 5. The molecular weight excluding hydrogens is 398 g/mol. The molecule has 0 unspecified atom stereocenters. The van der Waals surface area contributed by atoms with E-state index in [0.717, 1.165) is 17.7 Å². The number of aromatic nitrogens is 5. The summed E-state index contributed by atoms with van der Waals surface area (Å²) >= 11 is 1.35. The minimum atomic E-state index is 0.156. The first-order valence-electron chi connectivity index (χ1n) is 9.49. The van der Waals surface area contributed by atoms with E-state index in [-0.39, 0.29) is 5.95 Å². The van der Waals surface area contributed by atoms with Crippen LogP contribution in [0.2, 0.25) is 0 Å². The van der Waals surface area contributed by atoms with Crippen molar-refractivity contribution in [1.82, 2.24) is 25.1 Å². The van der Waals surface area contributed by atoms with Crippen molar-refractivity contribution in [3.8, 4) is 11.5 Å². The highest BCUT2D eigenvalue weighted by atomic mass is 32.2. The molecule has 9 heteroatoms. The molecular formula is C21H21N7OS. The zero-order chi connectivity index (χ0) is 20.9. The topological polar surface area (TPSA) is 116 Å². The number of nitrogens with two attached hydrogens (primary N) is 1. The third-order valence-corrected chi connectivity index (χ3v) is 5.19. The van der Waals surface area contributed by atoms with Crippen LogP contribution in [0.4, 0.5) is 17.6 Å². The smallest absolute Gasteiger partial charge is 0.277 e. The van der Waals surface area contributed by atoms with Crippen molar-refractivity contribution >= 4 is 29.3 Å². The molecule has 0 spiro atoms. The molecule has 2 aromatic heterocycles. The summed E-state index contributed by atoms with van der Waals surface area (Å²) in [7, 11) is 0. The maximum absolute atomic E-state index is 5.88. The van der Waals surface area contributed by atoms with Crippen molar-refractivity contribution in [2.75, 3.05) is 11.1 Å². The fourth-order valence-electron chi connectivity index (χ4n) is 2.84. The molecule has 0 saturated heterocycles. The summed E-state index contributed by atoms with van der Waals surface area (Å²) in [4.78, 5) is 12.9. The van der Waals surface area contributed by atoms with Crippen LogP contribution in [0.1, 0.15) is 23.9 Å². The van der Waals surface area contributed by atoms with Gasteiger partial charge in [-0.15, -0.1) is 10.2 Å². The molecule has 2 aromatic carbocycles. The van der Waals surface area contributed by atoms with Crippen molar-refractivity contribution in [3.05, 3.63) is 65.5 Å². The van der Waals surface area contributed by atoms with Crippen LogP contribution in [0, 0.1) is 6.92 Å². The lowest BCUT2D eigenvalue weighted by Crippen LogP contribution is -2.07. The van der Waals surface area contributed by atoms with Crippen molar-refractivity contribution in [1.29, 1.82) is 0 Å². The Morgan fingerprint density at radius 2 is 1.80 bits per heavy atom. The van der Waals surface area contributed by atoms with Crippen molar-refractivity contribution < 1.29 is 4.42 Å². The molecule has 30 heavy (non-hydrogen) atoms. The number of aryl methyl sites for hydroxylation is 2. The van der Waals surface area contributed by atoms with Gasteiger partial charge in [-0.3, -0.25) is 0 Å². The van der Waals surface area contributed by atoms with Crippen molar-refractivity contribution in [2.24, 2.45) is 0 Å². The summed E-state index contributed by atoms with van der Waals surface area (Å²) < 4.78 is 5.74. The molecule has 0 amide bonds. The van der Waals surface area contributed by atoms with E-state index in [1.807, 2.05) is 49.4 Å². The summed E-state index contributed by atoms with van der Waals surface area (Å²) in [6.45, 7) is 4.13. The van der Waals surface area contributed by atoms with Crippen LogP contribution in [0.15, 0.2) is 58.2 Å². The lowest BCUT2D eigenvalue weighted by Gasteiger charge is -2.10. The molecule has 4 aromatic rings. The van der Waals surface area contributed by atoms with Crippen LogP contribution in [0.3, 0.4) is 0 Å². The number of thioether (sulfide) groups is 1. The predicted molar refractivity (Wildman–Crippen MR) is 117 cm³/mol. The first-order chi connectivity index (χ1) is 14.6. The Morgan fingerprint density at radius 1 is 1.00 bits per heavy atom. The molecule has 8 nitrogen and oxygen atoms in total. The van der Waals surface area contributed by atoms with Gasteiger partial charge >= 0.3 is 0 Å². The quantitative estimate of drug-likeness (QED) is 0.420. The summed E-state index contributed by atoms with van der Waals surface area (Å²) in [5.74, 6) is 1.99. The van der Waals surface area contributed by atoms with Gasteiger partial charge < -0.3 is 15.5 Å². The molecule has 0 fully saturated rings. The van der Waals surface area contributed by atoms with Gasteiger partial charge in [0.2, 0.25) is 17.8 Å². The summed E-state index contributed by atoms with van der Waals surface area (Å²) in [5.41, 5.74) is 10.1. The van der Waals surface area contributed by atoms with E-state index >= 15 is 0 Å². The normalized spacial score (nSPS) is 10.9. The van der Waals surface area contributed by atoms with E-state index in [0.29, 0.717) is 28.6 Å². The average Bonchev–Trinajstić information content (AvgIpc) is 3.22. The minimum absolute atomic E-state index is 0.156. The highest BCUT2D eigenvalue weighted by Crippen LogP contribution is 2.26. The van der Waals surface area contributed by atoms with Gasteiger partial charge in [-0.2, -0.15) is 15.0 Å². The van der Waals surface area contributed by atoms with Gasteiger partial charge in [0, 0.05) is 11.3 Å². The number of anilines is 3. The number of hydrogen-bond acceptors (Lipinski definition) is 9. The maximum atomic E-state index is 5.88. The van der Waals surface area contributed by atoms with Crippen LogP contribution in [-0.2, 0) is 12.2 Å². The highest BCUT2D eigenvalue weighted by molar-refractivity contribution is 7.98. The van der Waals surface area contributed by atoms with E-state index in [1.54, 1.807) is 0 Å². The predicted octanol–water partition coefficient (Wildman–Crippen LogP) is 4.41. The van der Waals surface area contributed by atoms with E-state index in [2.05, 4.69) is 43.5 Å². The zero-order valence-electron chi connectivity index (χ0n) is 16.7. The van der Waals surface area contributed by atoms with Gasteiger partial charge in [0.15, 0.2) is 0 Å². The summed E-state index contributed by atoms with van der Waals surface area (Å²) in [6.07, 6.45) is 0.896. The maximum Gasteiger partial charge on any atom is 0.277 e. The third-order valence-electron chi connectivity index (χ3n) is 4.37. The standard InChI is InChI=1S/C21H21N7OS/c1-3-14-6-4-5-7-16(14)23-20-25-17(24-19(22)26-20)12-30-21-28-27-18(29-21)15-10-8-13(2)9-11-15/h4-11H,3,12H2,1-2H3,(H3,22,23,24,25,26). The summed E-state index contributed by atoms with van der Waals surface area (Å²) in [6, 6.07) is 15.9. The number of nitrogen functional groups attached to an aromatic ring is 1. The van der Waals surface area contributed by atoms with Crippen LogP contribution in [0.5, 0.6) is 0 Å². The SMILES string of the molecule is CCc1ccccc1Nc1nc(N)nc(CSc2nnc(-c3ccc(C)cc3)o2)n1. The fourth-order valence-corrected chi connectivity index (χ4v) is 3.45. The van der Waals surface area contributed by atoms with Crippen molar-refractivity contribution in [2.45, 2.75) is 31.2 Å². The molecule has 0 radical (unpaired) electrons. The first-order valence-corrected chi connectivity index (χ1v) is 10.5. The minimum Gasteiger partial charge on any atom is -0.411 e. The highest BCUT2D eigenvalue weighted by Gasteiger charge is 2.12. The molecule has 4 rings (SSSR count). The zero-order valence-corrected chi connectivity index (χ0v) is 17.5. The van der Waals surface area contributed by atoms with Gasteiger partial charge in [-0.1, -0.05) is 54.6 Å². The molecule has 0 bridgehead atoms. The summed E-state index contributed by atoms with van der Waals surface area (Å²) in [5, 5.41) is 11.9. The van der Waals surface area contributed by atoms with Gasteiger partial charge in [-0.05, 0) is 37.1 Å². The second-order valence-corrected chi connectivity index (χ2v) is 7.52. The second-order valence-electron chi connectivity index (χ2n) is 6.60. The first kappa shape index (κ1) is 19.8. The average molecular weight is 420 g/mol. The van der Waals surface area contributed by atoms with Crippen LogP contribution in [-0.4, -0.2) is 25.1 Å². The van der Waals surface area contributed by atoms with Gasteiger partial charge in [0.05, 0.1) is 5.75 Å². The molecule has 0 aliphatic heterocycles. The van der Waals surface area contributed by atoms with E-state index in [1.165, 1.54) is 22.9 Å². The van der Waals surface area contributed by atoms with Crippen molar-refractivity contribution in [3.63, 3.8) is 0 Å². The van der Waals surface area contributed by atoms with Crippen LogP contribution >= 0.6 is 11.8 Å². The monoisotopic (exact) mass is 419 g/mol. The number of hydrogen-bond donors (Lipinski definition) is 2. The van der Waals surface area contributed by atoms with Gasteiger partial charge in [-0.25, -0.2) is 0 Å². The third kappa shape index (κ3) is 4.74. The molecule has 2 heterocycles. The molecule has 0 aliphatic carbocycles. The van der Waals surface area contributed by atoms with Gasteiger partial charge in [0.25, 0.3) is 5.22 Å². The fraction of sp³-hybridized carbons (Fsp3) is 0.190. The lowest BCUT2D eigenvalue weighted by molar-refractivity contribution is 0.465. The Kier molecular flexibility index (Phi) is 5.89. The number of benzene rings is 2. The van der Waals surface area contributed by atoms with E-state index in [9.17, 15) is 0 Å². The van der Waals surface area contributed by atoms with E-state index < -0.39 is 0 Å². The molecule has 0 atom stereocenters. The van der Waals surface area contributed by atoms with Crippen LogP contribution < -0.4 is 11.1 Å². The molecule has 3 N–H and O–H groups in total. The Hall–Kier alpha value is -3.46. The molecule has 0 saturated carbocycles. The number of rotatable bonds is 7. The molecule has 0 aliphatic rings. The number of para-hydroxylation sites is 1. The lowest BCUT2D eigenvalue weighted by atomic mass is 10.1.